The summed E-state index contributed by atoms with van der Waals surface area (Å²) >= 11 is 0. The highest BCUT2D eigenvalue weighted by Crippen LogP contribution is 2.31. The van der Waals surface area contributed by atoms with E-state index in [9.17, 15) is 19.1 Å². The third-order valence-electron chi connectivity index (χ3n) is 5.95. The summed E-state index contributed by atoms with van der Waals surface area (Å²) in [6.45, 7) is 1.27. The summed E-state index contributed by atoms with van der Waals surface area (Å²) in [6, 6.07) is 15.1. The molecule has 2 rings (SSSR count). The van der Waals surface area contributed by atoms with E-state index in [0.717, 1.165) is 12.5 Å². The Kier molecular flexibility index (Phi) is 10.3. The molecule has 1 unspecified atom stereocenters. The number of aliphatic hydroxyl groups is 1. The number of methoxy groups -OCH3 is 2. The van der Waals surface area contributed by atoms with Crippen molar-refractivity contribution >= 4 is 11.8 Å². The average molecular weight is 475 g/mol. The van der Waals surface area contributed by atoms with E-state index >= 15 is 0 Å². The minimum Gasteiger partial charge on any atom is -0.493 e. The molecular weight excluding hydrogens is 439 g/mol. The van der Waals surface area contributed by atoms with Gasteiger partial charge in [-0.25, -0.2) is 4.39 Å². The third kappa shape index (κ3) is 8.02. The zero-order valence-electron chi connectivity index (χ0n) is 20.1. The predicted molar refractivity (Wildman–Crippen MR) is 128 cm³/mol. The maximum Gasteiger partial charge on any atom is 0.254 e. The number of halogens is 1. The van der Waals surface area contributed by atoms with Gasteiger partial charge in [0.15, 0.2) is 17.2 Å². The molecule has 7 nitrogen and oxygen atoms in total. The minimum atomic E-state index is -2.23. The first-order valence-electron chi connectivity index (χ1n) is 11.4. The second-order valence-corrected chi connectivity index (χ2v) is 8.58. The highest BCUT2D eigenvalue weighted by molar-refractivity contribution is 5.83. The molecule has 0 aliphatic heterocycles. The van der Waals surface area contributed by atoms with Crippen molar-refractivity contribution in [2.75, 3.05) is 14.2 Å². The smallest absolute Gasteiger partial charge is 0.254 e. The molecule has 2 aromatic rings. The van der Waals surface area contributed by atoms with Crippen LogP contribution in [0.3, 0.4) is 0 Å². The Bertz CT molecular complexity index is 936. The van der Waals surface area contributed by atoms with Gasteiger partial charge in [-0.3, -0.25) is 9.59 Å². The molecule has 0 aliphatic rings. The zero-order valence-corrected chi connectivity index (χ0v) is 20.1. The van der Waals surface area contributed by atoms with Gasteiger partial charge in [-0.1, -0.05) is 42.5 Å². The van der Waals surface area contributed by atoms with E-state index in [1.807, 2.05) is 30.3 Å². The molecule has 0 heterocycles. The predicted octanol–water partition coefficient (Wildman–Crippen LogP) is 3.31. The van der Waals surface area contributed by atoms with Gasteiger partial charge in [0.25, 0.3) is 5.91 Å². The first kappa shape index (κ1) is 27.1. The number of nitrogens with one attached hydrogen (secondary N) is 1. The molecule has 0 fully saturated rings. The molecule has 34 heavy (non-hydrogen) atoms. The lowest BCUT2D eigenvalue weighted by Gasteiger charge is -2.23. The summed E-state index contributed by atoms with van der Waals surface area (Å²) in [4.78, 5) is 24.4. The second kappa shape index (κ2) is 12.9. The molecule has 0 saturated carbocycles. The Balaban J connectivity index is 2.06. The summed E-state index contributed by atoms with van der Waals surface area (Å²) in [7, 11) is 3.04. The zero-order chi connectivity index (χ0) is 25.1. The van der Waals surface area contributed by atoms with Gasteiger partial charge in [0.05, 0.1) is 20.3 Å². The highest BCUT2D eigenvalue weighted by atomic mass is 19.1. The summed E-state index contributed by atoms with van der Waals surface area (Å²) < 4.78 is 25.2. The van der Waals surface area contributed by atoms with Crippen LogP contribution in [0.25, 0.3) is 0 Å². The number of primary amides is 1. The summed E-state index contributed by atoms with van der Waals surface area (Å²) in [5, 5.41) is 13.4. The topological polar surface area (TPSA) is 111 Å². The normalized spacial score (nSPS) is 14.5. The summed E-state index contributed by atoms with van der Waals surface area (Å²) in [5.41, 5.74) is 4.71. The maximum absolute atomic E-state index is 14.5. The fourth-order valence-corrected chi connectivity index (χ4v) is 3.77. The van der Waals surface area contributed by atoms with Gasteiger partial charge in [0.2, 0.25) is 5.91 Å². The van der Waals surface area contributed by atoms with Crippen LogP contribution in [0.5, 0.6) is 11.5 Å². The molecule has 186 valence electrons. The van der Waals surface area contributed by atoms with Crippen molar-refractivity contribution in [3.8, 4) is 11.5 Å². The SMILES string of the molecule is COc1cccc(CNC(=O)[C@H](CCC(C)(F)C(N)=O)C[C@@H](O)CCc2ccccc2)c1OC. The van der Waals surface area contributed by atoms with Crippen LogP contribution in [0.15, 0.2) is 48.5 Å². The summed E-state index contributed by atoms with van der Waals surface area (Å²) in [6.07, 6.45) is 0.345. The summed E-state index contributed by atoms with van der Waals surface area (Å²) in [5.74, 6) is -1.07. The Labute approximate surface area is 200 Å². The number of rotatable bonds is 14. The quantitative estimate of drug-likeness (QED) is 0.389. The van der Waals surface area contributed by atoms with E-state index in [1.54, 1.807) is 18.2 Å². The fourth-order valence-electron chi connectivity index (χ4n) is 3.77. The largest absolute Gasteiger partial charge is 0.493 e. The standard InChI is InChI=1S/C26H35FN2O5/c1-26(27,25(28)32)15-14-19(16-21(30)13-12-18-8-5-4-6-9-18)24(31)29-17-20-10-7-11-22(33-2)23(20)34-3/h4-11,19,21,30H,12-17H2,1-3H3,(H2,28,32)(H,29,31)/t19-,21+,26?/m1/s1. The van der Waals surface area contributed by atoms with E-state index in [-0.39, 0.29) is 31.7 Å². The molecule has 2 amide bonds. The number of aryl methyl sites for hydroxylation is 1. The average Bonchev–Trinajstić information content (AvgIpc) is 2.83. The number of ether oxygens (including phenoxy) is 2. The molecular formula is C26H35FN2O5. The van der Waals surface area contributed by atoms with Gasteiger partial charge >= 0.3 is 0 Å². The first-order chi connectivity index (χ1) is 16.2. The number of aliphatic hydroxyl groups excluding tert-OH is 1. The Hall–Kier alpha value is -3.13. The lowest BCUT2D eigenvalue weighted by Crippen LogP contribution is -2.39. The Morgan fingerprint density at radius 1 is 1.09 bits per heavy atom. The van der Waals surface area contributed by atoms with Crippen LogP contribution in [0, 0.1) is 5.92 Å². The number of hydrogen-bond acceptors (Lipinski definition) is 5. The van der Waals surface area contributed by atoms with Gasteiger partial charge in [0.1, 0.15) is 0 Å². The second-order valence-electron chi connectivity index (χ2n) is 8.58. The van der Waals surface area contributed by atoms with E-state index in [4.69, 9.17) is 15.2 Å². The monoisotopic (exact) mass is 474 g/mol. The molecule has 0 bridgehead atoms. The number of carbonyl (C=O) groups is 2. The van der Waals surface area contributed by atoms with Crippen molar-refractivity contribution in [3.05, 3.63) is 59.7 Å². The van der Waals surface area contributed by atoms with E-state index in [2.05, 4.69) is 5.32 Å². The lowest BCUT2D eigenvalue weighted by molar-refractivity contribution is -0.131. The Morgan fingerprint density at radius 2 is 1.79 bits per heavy atom. The van der Waals surface area contributed by atoms with Gasteiger partial charge in [-0.05, 0) is 50.7 Å². The fraction of sp³-hybridized carbons (Fsp3) is 0.462. The molecule has 2 aromatic carbocycles. The molecule has 8 heteroatoms. The van der Waals surface area contributed by atoms with Crippen LogP contribution in [-0.4, -0.2) is 42.9 Å². The molecule has 0 radical (unpaired) electrons. The van der Waals surface area contributed by atoms with Crippen LogP contribution < -0.4 is 20.5 Å². The van der Waals surface area contributed by atoms with Crippen molar-refractivity contribution in [1.82, 2.24) is 5.32 Å². The van der Waals surface area contributed by atoms with Crippen molar-refractivity contribution in [1.29, 1.82) is 0 Å². The number of alkyl halides is 1. The van der Waals surface area contributed by atoms with Crippen LogP contribution in [0.2, 0.25) is 0 Å². The van der Waals surface area contributed by atoms with E-state index in [0.29, 0.717) is 29.9 Å². The van der Waals surface area contributed by atoms with Crippen molar-refractivity contribution < 1.29 is 28.6 Å². The van der Waals surface area contributed by atoms with Gasteiger partial charge in [-0.15, -0.1) is 0 Å². The maximum atomic E-state index is 14.5. The van der Waals surface area contributed by atoms with Gasteiger partial charge in [-0.2, -0.15) is 0 Å². The van der Waals surface area contributed by atoms with Crippen LogP contribution in [0.4, 0.5) is 4.39 Å². The molecule has 3 atom stereocenters. The van der Waals surface area contributed by atoms with Crippen LogP contribution >= 0.6 is 0 Å². The number of carbonyl (C=O) groups excluding carboxylic acids is 2. The van der Waals surface area contributed by atoms with E-state index in [1.165, 1.54) is 14.2 Å². The van der Waals surface area contributed by atoms with Crippen molar-refractivity contribution in [2.24, 2.45) is 11.7 Å². The number of hydrogen-bond donors (Lipinski definition) is 3. The van der Waals surface area contributed by atoms with Crippen LogP contribution in [0.1, 0.15) is 43.7 Å². The van der Waals surface area contributed by atoms with E-state index < -0.39 is 23.6 Å². The molecule has 0 aliphatic carbocycles. The number of para-hydroxylation sites is 1. The molecule has 4 N–H and O–H groups in total. The lowest BCUT2D eigenvalue weighted by atomic mass is 9.88. The molecule has 0 spiro atoms. The van der Waals surface area contributed by atoms with Gasteiger partial charge < -0.3 is 25.6 Å². The molecule has 0 saturated heterocycles. The number of benzene rings is 2. The highest BCUT2D eigenvalue weighted by Gasteiger charge is 2.33. The Morgan fingerprint density at radius 3 is 2.41 bits per heavy atom. The molecule has 0 aromatic heterocycles. The third-order valence-corrected chi connectivity index (χ3v) is 5.95. The van der Waals surface area contributed by atoms with Crippen molar-refractivity contribution in [3.63, 3.8) is 0 Å². The number of nitrogens with two attached hydrogens (primary N) is 1. The minimum absolute atomic E-state index is 0.0689. The first-order valence-corrected chi connectivity index (χ1v) is 11.4. The van der Waals surface area contributed by atoms with Crippen molar-refractivity contribution in [2.45, 2.75) is 57.3 Å². The van der Waals surface area contributed by atoms with Crippen LogP contribution in [-0.2, 0) is 22.6 Å². The number of amides is 2. The van der Waals surface area contributed by atoms with Gasteiger partial charge in [0, 0.05) is 18.0 Å².